The van der Waals surface area contributed by atoms with E-state index >= 15 is 0 Å². The number of amides is 1. The first-order valence-corrected chi connectivity index (χ1v) is 4.65. The number of rotatable bonds is 0. The minimum Gasteiger partial charge on any atom is -0.343 e. The van der Waals surface area contributed by atoms with Gasteiger partial charge in [0, 0.05) is 13.1 Å². The molecule has 1 spiro atoms. The molecule has 13 heavy (non-hydrogen) atoms. The number of hydrogen-bond acceptors (Lipinski definition) is 3. The predicted octanol–water partition coefficient (Wildman–Crippen LogP) is -0.460. The van der Waals surface area contributed by atoms with Gasteiger partial charge in [0.2, 0.25) is 5.91 Å². The zero-order chi connectivity index (χ0) is 9.47. The van der Waals surface area contributed by atoms with E-state index in [4.69, 9.17) is 0 Å². The monoisotopic (exact) mass is 182 g/mol. The van der Waals surface area contributed by atoms with Gasteiger partial charge in [0.15, 0.2) is 5.78 Å². The van der Waals surface area contributed by atoms with Gasteiger partial charge in [0.1, 0.15) is 5.54 Å². The van der Waals surface area contributed by atoms with Crippen LogP contribution in [0, 0.1) is 0 Å². The lowest BCUT2D eigenvalue weighted by atomic mass is 9.85. The van der Waals surface area contributed by atoms with Crippen molar-refractivity contribution in [1.29, 1.82) is 0 Å². The summed E-state index contributed by atoms with van der Waals surface area (Å²) >= 11 is 0. The highest BCUT2D eigenvalue weighted by molar-refractivity contribution is 6.10. The summed E-state index contributed by atoms with van der Waals surface area (Å²) in [4.78, 5) is 24.8. The highest BCUT2D eigenvalue weighted by Crippen LogP contribution is 2.27. The quantitative estimate of drug-likeness (QED) is 0.516. The van der Waals surface area contributed by atoms with Gasteiger partial charge >= 0.3 is 0 Å². The third kappa shape index (κ3) is 1.35. The van der Waals surface area contributed by atoms with Gasteiger partial charge in [-0.15, -0.1) is 0 Å². The van der Waals surface area contributed by atoms with E-state index in [9.17, 15) is 9.59 Å². The topological polar surface area (TPSA) is 49.4 Å². The molecule has 0 bridgehead atoms. The molecule has 1 amide bonds. The molecule has 2 saturated heterocycles. The number of carbonyl (C=O) groups excluding carboxylic acids is 2. The van der Waals surface area contributed by atoms with Crippen molar-refractivity contribution in [3.8, 4) is 0 Å². The predicted molar refractivity (Wildman–Crippen MR) is 47.2 cm³/mol. The standard InChI is InChI=1S/C9H14N2O2/c1-11-4-2-9(3-5-11)7(12)6-8(13)10-9/h2-6H2,1H3,(H,10,13). The highest BCUT2D eigenvalue weighted by Gasteiger charge is 2.46. The molecule has 0 aliphatic carbocycles. The molecule has 2 aliphatic rings. The van der Waals surface area contributed by atoms with Crippen molar-refractivity contribution in [3.05, 3.63) is 0 Å². The Morgan fingerprint density at radius 3 is 2.38 bits per heavy atom. The maximum Gasteiger partial charge on any atom is 0.228 e. The van der Waals surface area contributed by atoms with E-state index in [-0.39, 0.29) is 18.1 Å². The first kappa shape index (κ1) is 8.69. The molecule has 0 aromatic heterocycles. The Labute approximate surface area is 77.3 Å². The Hall–Kier alpha value is -0.900. The number of nitrogens with zero attached hydrogens (tertiary/aromatic N) is 1. The minimum absolute atomic E-state index is 0.0870. The van der Waals surface area contributed by atoms with Crippen LogP contribution in [0.15, 0.2) is 0 Å². The first-order chi connectivity index (χ1) is 6.12. The van der Waals surface area contributed by atoms with Gasteiger partial charge in [-0.3, -0.25) is 9.59 Å². The van der Waals surface area contributed by atoms with E-state index in [2.05, 4.69) is 10.2 Å². The molecule has 0 unspecified atom stereocenters. The Balaban J connectivity index is 2.13. The summed E-state index contributed by atoms with van der Waals surface area (Å²) in [6.07, 6.45) is 1.63. The summed E-state index contributed by atoms with van der Waals surface area (Å²) in [5, 5.41) is 2.82. The van der Waals surface area contributed by atoms with Crippen molar-refractivity contribution in [2.75, 3.05) is 20.1 Å². The Morgan fingerprint density at radius 1 is 1.31 bits per heavy atom. The van der Waals surface area contributed by atoms with E-state index in [1.165, 1.54) is 0 Å². The van der Waals surface area contributed by atoms with Crippen molar-refractivity contribution in [1.82, 2.24) is 10.2 Å². The first-order valence-electron chi connectivity index (χ1n) is 4.65. The fraction of sp³-hybridized carbons (Fsp3) is 0.778. The van der Waals surface area contributed by atoms with Crippen molar-refractivity contribution in [2.45, 2.75) is 24.8 Å². The van der Waals surface area contributed by atoms with Crippen LogP contribution in [0.5, 0.6) is 0 Å². The lowest BCUT2D eigenvalue weighted by Gasteiger charge is -2.36. The zero-order valence-corrected chi connectivity index (χ0v) is 7.80. The van der Waals surface area contributed by atoms with Gasteiger partial charge in [0.25, 0.3) is 0 Å². The molecule has 2 aliphatic heterocycles. The van der Waals surface area contributed by atoms with Crippen LogP contribution in [-0.4, -0.2) is 42.3 Å². The van der Waals surface area contributed by atoms with E-state index in [0.29, 0.717) is 0 Å². The number of ketones is 1. The molecule has 1 N–H and O–H groups in total. The molecule has 2 rings (SSSR count). The largest absolute Gasteiger partial charge is 0.343 e. The van der Waals surface area contributed by atoms with Gasteiger partial charge in [-0.2, -0.15) is 0 Å². The molecule has 0 aromatic rings. The Morgan fingerprint density at radius 2 is 1.92 bits per heavy atom. The van der Waals surface area contributed by atoms with Crippen LogP contribution in [0.1, 0.15) is 19.3 Å². The van der Waals surface area contributed by atoms with Crippen LogP contribution in [0.2, 0.25) is 0 Å². The number of likely N-dealkylation sites (tertiary alicyclic amines) is 1. The van der Waals surface area contributed by atoms with E-state index in [1.54, 1.807) is 0 Å². The van der Waals surface area contributed by atoms with Gasteiger partial charge in [-0.25, -0.2) is 0 Å². The van der Waals surface area contributed by atoms with Crippen molar-refractivity contribution in [3.63, 3.8) is 0 Å². The van der Waals surface area contributed by atoms with E-state index < -0.39 is 5.54 Å². The van der Waals surface area contributed by atoms with Crippen LogP contribution in [-0.2, 0) is 9.59 Å². The number of nitrogens with one attached hydrogen (secondary N) is 1. The maximum atomic E-state index is 11.6. The second-order valence-electron chi connectivity index (χ2n) is 4.03. The van der Waals surface area contributed by atoms with Crippen molar-refractivity contribution >= 4 is 11.7 Å². The molecule has 4 heteroatoms. The van der Waals surface area contributed by atoms with Crippen LogP contribution >= 0.6 is 0 Å². The zero-order valence-electron chi connectivity index (χ0n) is 7.80. The summed E-state index contributed by atoms with van der Waals surface area (Å²) < 4.78 is 0. The minimum atomic E-state index is -0.496. The lowest BCUT2D eigenvalue weighted by Crippen LogP contribution is -2.53. The Bertz CT molecular complexity index is 254. The summed E-state index contributed by atoms with van der Waals surface area (Å²) in [7, 11) is 2.04. The average molecular weight is 182 g/mol. The molecule has 4 nitrogen and oxygen atoms in total. The molecule has 72 valence electrons. The molecule has 0 aromatic carbocycles. The molecule has 2 fully saturated rings. The summed E-state index contributed by atoms with van der Waals surface area (Å²) in [5.74, 6) is -0.0137. The van der Waals surface area contributed by atoms with Crippen LogP contribution in [0.25, 0.3) is 0 Å². The summed E-state index contributed by atoms with van der Waals surface area (Å²) in [6.45, 7) is 1.79. The van der Waals surface area contributed by atoms with E-state index in [0.717, 1.165) is 25.9 Å². The molecule has 0 saturated carbocycles. The maximum absolute atomic E-state index is 11.6. The van der Waals surface area contributed by atoms with E-state index in [1.807, 2.05) is 7.05 Å². The van der Waals surface area contributed by atoms with Crippen LogP contribution < -0.4 is 5.32 Å². The summed E-state index contributed by atoms with van der Waals surface area (Å²) in [6, 6.07) is 0. The van der Waals surface area contributed by atoms with Gasteiger partial charge in [-0.1, -0.05) is 0 Å². The highest BCUT2D eigenvalue weighted by atomic mass is 16.2. The number of hydrogen-bond donors (Lipinski definition) is 1. The third-order valence-corrected chi connectivity index (χ3v) is 3.07. The number of piperidine rings is 1. The fourth-order valence-electron chi connectivity index (χ4n) is 2.10. The Kier molecular flexibility index (Phi) is 1.87. The number of Topliss-reactive ketones (excluding diaryl/α,β-unsaturated/α-hetero) is 1. The smallest absolute Gasteiger partial charge is 0.228 e. The molecule has 2 heterocycles. The SMILES string of the molecule is CN1CCC2(CC1)NC(=O)CC2=O. The normalized spacial score (nSPS) is 28.1. The van der Waals surface area contributed by atoms with Gasteiger partial charge in [0.05, 0.1) is 6.42 Å². The second-order valence-corrected chi connectivity index (χ2v) is 4.03. The van der Waals surface area contributed by atoms with Crippen LogP contribution in [0.4, 0.5) is 0 Å². The summed E-state index contributed by atoms with van der Waals surface area (Å²) in [5.41, 5.74) is -0.496. The molecular formula is C9H14N2O2. The molecule has 0 atom stereocenters. The average Bonchev–Trinajstić information content (AvgIpc) is 2.34. The van der Waals surface area contributed by atoms with Gasteiger partial charge in [-0.05, 0) is 19.9 Å². The van der Waals surface area contributed by atoms with Gasteiger partial charge < -0.3 is 10.2 Å². The third-order valence-electron chi connectivity index (χ3n) is 3.07. The fourth-order valence-corrected chi connectivity index (χ4v) is 2.10. The van der Waals surface area contributed by atoms with Crippen LogP contribution in [0.3, 0.4) is 0 Å². The van der Waals surface area contributed by atoms with Crippen molar-refractivity contribution in [2.24, 2.45) is 0 Å². The second kappa shape index (κ2) is 2.80. The lowest BCUT2D eigenvalue weighted by molar-refractivity contribution is -0.124. The van der Waals surface area contributed by atoms with Crippen molar-refractivity contribution < 1.29 is 9.59 Å². The molecular weight excluding hydrogens is 168 g/mol. The molecule has 0 radical (unpaired) electrons. The number of carbonyl (C=O) groups is 2.